The Labute approximate surface area is 372 Å². The number of likely N-dealkylation sites (tertiary alicyclic amines) is 1. The highest BCUT2D eigenvalue weighted by Crippen LogP contribution is 2.48. The second-order valence-electron chi connectivity index (χ2n) is 18.0. The van der Waals surface area contributed by atoms with Gasteiger partial charge in [-0.05, 0) is 88.6 Å². The third kappa shape index (κ3) is 8.48. The fourth-order valence-electron chi connectivity index (χ4n) is 9.79. The minimum atomic E-state index is -1.25. The summed E-state index contributed by atoms with van der Waals surface area (Å²) in [6.45, 7) is 13.8. The van der Waals surface area contributed by atoms with Crippen molar-refractivity contribution in [2.24, 2.45) is 23.2 Å². The molecule has 0 radical (unpaired) electrons. The number of benzene rings is 1. The molecule has 1 aliphatic carbocycles. The van der Waals surface area contributed by atoms with Crippen molar-refractivity contribution in [3.63, 3.8) is 0 Å². The van der Waals surface area contributed by atoms with E-state index in [1.165, 1.54) is 16.3 Å². The number of cyclic esters (lactones) is 1. The lowest BCUT2D eigenvalue weighted by Gasteiger charge is -2.37. The van der Waals surface area contributed by atoms with Crippen LogP contribution in [0.4, 0.5) is 0 Å². The highest BCUT2D eigenvalue weighted by atomic mass is 32.1. The van der Waals surface area contributed by atoms with Gasteiger partial charge in [0.1, 0.15) is 29.2 Å². The van der Waals surface area contributed by atoms with Gasteiger partial charge >= 0.3 is 5.97 Å². The fourth-order valence-corrected chi connectivity index (χ4v) is 10.7. The summed E-state index contributed by atoms with van der Waals surface area (Å²) in [6, 6.07) is 10.0. The summed E-state index contributed by atoms with van der Waals surface area (Å²) in [5, 5.41) is 17.5. The molecular weight excluding hydrogens is 821 g/mol. The van der Waals surface area contributed by atoms with Gasteiger partial charge in [-0.25, -0.2) is 10.4 Å². The summed E-state index contributed by atoms with van der Waals surface area (Å²) < 4.78 is 20.6. The minimum absolute atomic E-state index is 0.122. The number of aromatic nitrogens is 3. The van der Waals surface area contributed by atoms with Crippen LogP contribution >= 0.6 is 11.3 Å². The van der Waals surface area contributed by atoms with Gasteiger partial charge in [-0.3, -0.25) is 29.2 Å². The topological polar surface area (TPSA) is 181 Å². The Balaban J connectivity index is 1.22. The summed E-state index contributed by atoms with van der Waals surface area (Å²) in [5.41, 5.74) is 9.12. The quantitative estimate of drug-likeness (QED) is 0.185. The number of hydrazine groups is 1. The molecule has 2 saturated heterocycles. The van der Waals surface area contributed by atoms with Gasteiger partial charge in [-0.1, -0.05) is 26.8 Å². The molecule has 4 aliphatic rings. The first kappa shape index (κ1) is 44.4. The molecule has 8 rings (SSSR count). The lowest BCUT2D eigenvalue weighted by atomic mass is 9.84. The number of thiazole rings is 1. The number of ether oxygens (including phenoxy) is 3. The van der Waals surface area contributed by atoms with Crippen molar-refractivity contribution in [2.75, 3.05) is 33.4 Å². The second kappa shape index (κ2) is 18.1. The Morgan fingerprint density at radius 2 is 1.94 bits per heavy atom. The minimum Gasteiger partial charge on any atom is -0.464 e. The van der Waals surface area contributed by atoms with Crippen molar-refractivity contribution in [3.05, 3.63) is 58.2 Å². The third-order valence-corrected chi connectivity index (χ3v) is 14.1. The van der Waals surface area contributed by atoms with Crippen molar-refractivity contribution < 1.29 is 33.4 Å². The lowest BCUT2D eigenvalue weighted by molar-refractivity contribution is -0.156. The van der Waals surface area contributed by atoms with Gasteiger partial charge in [0, 0.05) is 72.4 Å². The Bertz CT molecular complexity index is 2440. The molecule has 0 spiro atoms. The zero-order valence-electron chi connectivity index (χ0n) is 37.2. The number of carbonyl (C=O) groups excluding carboxylic acids is 4. The van der Waals surface area contributed by atoms with Crippen molar-refractivity contribution in [1.82, 2.24) is 35.2 Å². The fraction of sp³-hybridized carbons (Fsp3) is 0.553. The number of hydrogen-bond acceptors (Lipinski definition) is 12. The number of methoxy groups -OCH3 is 1. The molecule has 334 valence electrons. The highest BCUT2D eigenvalue weighted by molar-refractivity contribution is 7.10. The predicted octanol–water partition coefficient (Wildman–Crippen LogP) is 6.13. The van der Waals surface area contributed by atoms with E-state index in [0.717, 1.165) is 45.4 Å². The maximum Gasteiger partial charge on any atom is 0.324 e. The molecule has 4 aromatic rings. The van der Waals surface area contributed by atoms with Gasteiger partial charge in [-0.15, -0.1) is 11.3 Å². The van der Waals surface area contributed by atoms with Gasteiger partial charge in [0.15, 0.2) is 0 Å². The molecule has 6 heterocycles. The number of pyridine rings is 1. The maximum absolute atomic E-state index is 14.8. The molecule has 3 aromatic heterocycles. The number of esters is 1. The van der Waals surface area contributed by atoms with Gasteiger partial charge in [0.25, 0.3) is 5.91 Å². The van der Waals surface area contributed by atoms with Crippen molar-refractivity contribution in [1.29, 1.82) is 5.26 Å². The first-order chi connectivity index (χ1) is 30.3. The van der Waals surface area contributed by atoms with Gasteiger partial charge in [0.05, 0.1) is 47.7 Å². The Hall–Kier alpha value is -5.21. The first-order valence-electron chi connectivity index (χ1n) is 22.3. The van der Waals surface area contributed by atoms with Crippen LogP contribution in [0.3, 0.4) is 0 Å². The Morgan fingerprint density at radius 1 is 1.14 bits per heavy atom. The normalized spacial score (nSPS) is 26.5. The van der Waals surface area contributed by atoms with Crippen LogP contribution in [0.2, 0.25) is 0 Å². The Morgan fingerprint density at radius 3 is 2.68 bits per heavy atom. The monoisotopic (exact) mass is 878 g/mol. The van der Waals surface area contributed by atoms with E-state index < -0.39 is 59.3 Å². The zero-order chi connectivity index (χ0) is 44.7. The van der Waals surface area contributed by atoms with Crippen molar-refractivity contribution >= 4 is 45.9 Å². The summed E-state index contributed by atoms with van der Waals surface area (Å²) in [4.78, 5) is 68.2. The van der Waals surface area contributed by atoms with Crippen molar-refractivity contribution in [2.45, 2.75) is 111 Å². The van der Waals surface area contributed by atoms with Crippen LogP contribution in [0.15, 0.2) is 41.9 Å². The van der Waals surface area contributed by atoms with Crippen LogP contribution in [0.5, 0.6) is 0 Å². The first-order valence-corrected chi connectivity index (χ1v) is 23.1. The number of nitrogens with one attached hydrogen (secondary N) is 2. The molecule has 1 saturated carbocycles. The molecule has 6 bridgehead atoms. The summed E-state index contributed by atoms with van der Waals surface area (Å²) in [7, 11) is 1.68. The summed E-state index contributed by atoms with van der Waals surface area (Å²) in [6.07, 6.45) is 3.41. The van der Waals surface area contributed by atoms with E-state index in [-0.39, 0.29) is 37.7 Å². The average molecular weight is 879 g/mol. The van der Waals surface area contributed by atoms with Crippen LogP contribution < -0.4 is 10.7 Å². The van der Waals surface area contributed by atoms with Crippen LogP contribution in [0, 0.1) is 34.5 Å². The number of hydrogen-bond donors (Lipinski definition) is 2. The molecule has 1 unspecified atom stereocenters. The molecule has 16 heteroatoms. The number of rotatable bonds is 9. The van der Waals surface area contributed by atoms with Crippen molar-refractivity contribution in [3.8, 4) is 28.6 Å². The average Bonchev–Trinajstić information content (AvgIpc) is 3.67. The van der Waals surface area contributed by atoms with Gasteiger partial charge in [0.2, 0.25) is 11.8 Å². The molecule has 3 amide bonds. The van der Waals surface area contributed by atoms with E-state index in [1.54, 1.807) is 18.2 Å². The van der Waals surface area contributed by atoms with Gasteiger partial charge in [-0.2, -0.15) is 5.26 Å². The van der Waals surface area contributed by atoms with E-state index in [0.29, 0.717) is 49.5 Å². The summed E-state index contributed by atoms with van der Waals surface area (Å²) >= 11 is 1.34. The molecule has 8 atom stereocenters. The smallest absolute Gasteiger partial charge is 0.324 e. The summed E-state index contributed by atoms with van der Waals surface area (Å²) in [5.74, 6) is -3.18. The number of aryl methyl sites for hydroxylation is 1. The largest absolute Gasteiger partial charge is 0.464 e. The van der Waals surface area contributed by atoms with Crippen LogP contribution in [0.25, 0.3) is 33.4 Å². The molecule has 1 aromatic carbocycles. The zero-order valence-corrected chi connectivity index (χ0v) is 38.0. The number of amides is 3. The SMILES string of the molecule is CCO[C@@H]1c2nc(cs2)-c2ccc3c(c2)c(c(-c2cccnc2[C@H](C)OC)n3CC)CC(C)(C)COC(=O)[C@@H]2CCCN(N2)C(=O)C1NC(=O)[C@@H]1[C@@H](C)[C@H]1C(=O)N1CCC[C@H]1C#N. The van der Waals surface area contributed by atoms with Crippen LogP contribution in [-0.2, 0) is 46.4 Å². The standard InChI is InChI=1S/C47H58N8O7S/c1-8-53-35-17-16-28-21-31(35)32(40(53)30-14-10-18-49-38(30)27(4)60-7)22-47(5,6)25-62-46(59)33-15-12-20-55(52-33)45(58)39(41(61-9-2)43-50-34(28)24-63-43)51-42(56)36-26(3)37(36)44(57)54-19-11-13-29(54)23-48/h10,14,16-18,21,24,26-27,29,33,36-37,39,41,52H,8-9,11-13,15,19-20,22,25H2,1-7H3,(H,51,56)/t26-,27+,29+,33+,36-,37-,39?,41+/m1/s1. The molecular formula is C47H58N8O7S. The Kier molecular flexibility index (Phi) is 12.8. The molecule has 2 N–H and O–H groups in total. The van der Waals surface area contributed by atoms with E-state index in [9.17, 15) is 24.4 Å². The molecule has 3 aliphatic heterocycles. The van der Waals surface area contributed by atoms with E-state index in [1.807, 2.05) is 32.2 Å². The number of nitriles is 1. The number of carbonyl (C=O) groups is 4. The molecule has 3 fully saturated rings. The van der Waals surface area contributed by atoms with E-state index in [2.05, 4.69) is 66.4 Å². The predicted molar refractivity (Wildman–Crippen MR) is 236 cm³/mol. The van der Waals surface area contributed by atoms with E-state index in [4.69, 9.17) is 24.2 Å². The maximum atomic E-state index is 14.8. The van der Waals surface area contributed by atoms with Crippen LogP contribution in [-0.4, -0.2) is 99.7 Å². The second-order valence-corrected chi connectivity index (χ2v) is 18.9. The van der Waals surface area contributed by atoms with E-state index >= 15 is 0 Å². The highest BCUT2D eigenvalue weighted by Gasteiger charge is 2.59. The van der Waals surface area contributed by atoms with Crippen LogP contribution in [0.1, 0.15) is 95.7 Å². The molecule has 15 nitrogen and oxygen atoms in total. The lowest BCUT2D eigenvalue weighted by Crippen LogP contribution is -2.61. The van der Waals surface area contributed by atoms with Gasteiger partial charge < -0.3 is 29.0 Å². The third-order valence-electron chi connectivity index (χ3n) is 13.2. The number of nitrogens with zero attached hydrogens (tertiary/aromatic N) is 6. The molecule has 63 heavy (non-hydrogen) atoms. The number of fused-ring (bicyclic) bond motifs is 6.